The van der Waals surface area contributed by atoms with Crippen LogP contribution in [0.25, 0.3) is 0 Å². The number of carbonyl (C=O) groups excluding carboxylic acids is 1. The minimum Gasteiger partial charge on any atom is -0.350 e. The van der Waals surface area contributed by atoms with Crippen LogP contribution >= 0.6 is 11.6 Å². The normalized spacial score (nSPS) is 16.0. The zero-order valence-electron chi connectivity index (χ0n) is 18.1. The molecule has 2 aromatic carbocycles. The van der Waals surface area contributed by atoms with Crippen molar-refractivity contribution in [2.45, 2.75) is 45.3 Å². The highest BCUT2D eigenvalue weighted by atomic mass is 35.5. The van der Waals surface area contributed by atoms with Crippen LogP contribution in [0.15, 0.2) is 48.5 Å². The summed E-state index contributed by atoms with van der Waals surface area (Å²) in [5.41, 5.74) is 2.64. The van der Waals surface area contributed by atoms with E-state index < -0.39 is 16.1 Å². The van der Waals surface area contributed by atoms with Gasteiger partial charge in [0.05, 0.1) is 11.9 Å². The van der Waals surface area contributed by atoms with E-state index in [1.54, 1.807) is 31.2 Å². The van der Waals surface area contributed by atoms with Gasteiger partial charge in [-0.15, -0.1) is 0 Å². The summed E-state index contributed by atoms with van der Waals surface area (Å²) >= 11 is 5.92. The van der Waals surface area contributed by atoms with Crippen LogP contribution in [0.4, 0.5) is 5.69 Å². The third-order valence-electron chi connectivity index (χ3n) is 5.58. The van der Waals surface area contributed by atoms with Crippen molar-refractivity contribution in [3.8, 4) is 0 Å². The van der Waals surface area contributed by atoms with Crippen molar-refractivity contribution in [3.63, 3.8) is 0 Å². The van der Waals surface area contributed by atoms with Gasteiger partial charge in [0.2, 0.25) is 15.9 Å². The van der Waals surface area contributed by atoms with Gasteiger partial charge in [-0.1, -0.05) is 42.3 Å². The summed E-state index contributed by atoms with van der Waals surface area (Å²) in [6.45, 7) is 5.00. The van der Waals surface area contributed by atoms with Crippen molar-refractivity contribution in [3.05, 3.63) is 64.7 Å². The molecule has 8 heteroatoms. The lowest BCUT2D eigenvalue weighted by molar-refractivity contribution is -0.122. The molecule has 6 nitrogen and oxygen atoms in total. The molecule has 0 spiro atoms. The highest BCUT2D eigenvalue weighted by Gasteiger charge is 2.29. The highest BCUT2D eigenvalue weighted by molar-refractivity contribution is 7.92. The van der Waals surface area contributed by atoms with Gasteiger partial charge in [-0.3, -0.25) is 14.0 Å². The standard InChI is InChI=1S/C23H30ClN3O3S/c1-18(27(31(2,29)30)22-12-10-21(24)11-13-22)23(28)25-16-19-8-4-5-9-20(19)17-26-14-6-3-7-15-26/h4-5,8-13,18H,3,6-7,14-17H2,1-2H3,(H,25,28)/t18-/m1/s1. The number of piperidine rings is 1. The van der Waals surface area contributed by atoms with Crippen molar-refractivity contribution in [2.24, 2.45) is 0 Å². The predicted octanol–water partition coefficient (Wildman–Crippen LogP) is 3.80. The Kier molecular flexibility index (Phi) is 7.97. The maximum Gasteiger partial charge on any atom is 0.243 e. The van der Waals surface area contributed by atoms with Crippen LogP contribution in [0.2, 0.25) is 5.02 Å². The lowest BCUT2D eigenvalue weighted by Gasteiger charge is -2.29. The molecule has 1 N–H and O–H groups in total. The Morgan fingerprint density at radius 1 is 1.06 bits per heavy atom. The molecule has 0 aliphatic carbocycles. The summed E-state index contributed by atoms with van der Waals surface area (Å²) in [6, 6.07) is 13.6. The van der Waals surface area contributed by atoms with E-state index in [9.17, 15) is 13.2 Å². The van der Waals surface area contributed by atoms with Crippen LogP contribution in [0, 0.1) is 0 Å². The number of amides is 1. The Morgan fingerprint density at radius 2 is 1.68 bits per heavy atom. The molecule has 1 amide bonds. The summed E-state index contributed by atoms with van der Waals surface area (Å²) in [7, 11) is -3.66. The molecule has 1 heterocycles. The summed E-state index contributed by atoms with van der Waals surface area (Å²) in [4.78, 5) is 15.3. The fraction of sp³-hybridized carbons (Fsp3) is 0.435. The van der Waals surface area contributed by atoms with E-state index >= 15 is 0 Å². The average Bonchev–Trinajstić information content (AvgIpc) is 2.74. The number of carbonyl (C=O) groups is 1. The molecule has 0 saturated carbocycles. The Hall–Kier alpha value is -2.09. The Bertz CT molecular complexity index is 989. The van der Waals surface area contributed by atoms with Gasteiger partial charge in [0.1, 0.15) is 6.04 Å². The number of halogens is 1. The molecule has 0 bridgehead atoms. The fourth-order valence-corrected chi connectivity index (χ4v) is 5.27. The molecule has 2 aromatic rings. The Balaban J connectivity index is 1.70. The van der Waals surface area contributed by atoms with Gasteiger partial charge in [-0.25, -0.2) is 8.42 Å². The molecular formula is C23H30ClN3O3S. The van der Waals surface area contributed by atoms with Crippen molar-refractivity contribution < 1.29 is 13.2 Å². The smallest absolute Gasteiger partial charge is 0.243 e. The number of benzene rings is 2. The summed E-state index contributed by atoms with van der Waals surface area (Å²) in [5.74, 6) is -0.354. The second kappa shape index (κ2) is 10.5. The van der Waals surface area contributed by atoms with Gasteiger partial charge in [0.25, 0.3) is 0 Å². The summed E-state index contributed by atoms with van der Waals surface area (Å²) in [6.07, 6.45) is 4.83. The van der Waals surface area contributed by atoms with Gasteiger partial charge in [-0.05, 0) is 68.2 Å². The van der Waals surface area contributed by atoms with E-state index in [4.69, 9.17) is 11.6 Å². The summed E-state index contributed by atoms with van der Waals surface area (Å²) in [5, 5.41) is 3.42. The van der Waals surface area contributed by atoms with Gasteiger partial charge in [0, 0.05) is 18.1 Å². The van der Waals surface area contributed by atoms with Crippen LogP contribution in [-0.2, 0) is 27.9 Å². The number of nitrogens with one attached hydrogen (secondary N) is 1. The van der Waals surface area contributed by atoms with E-state index in [1.807, 2.05) is 18.2 Å². The molecular weight excluding hydrogens is 434 g/mol. The largest absolute Gasteiger partial charge is 0.350 e. The molecule has 1 aliphatic rings. The maximum atomic E-state index is 12.9. The molecule has 1 aliphatic heterocycles. The topological polar surface area (TPSA) is 69.7 Å². The first-order valence-electron chi connectivity index (χ1n) is 10.6. The molecule has 1 atom stereocenters. The third kappa shape index (κ3) is 6.45. The minimum atomic E-state index is -3.66. The third-order valence-corrected chi connectivity index (χ3v) is 7.08. The van der Waals surface area contributed by atoms with Crippen LogP contribution in [-0.4, -0.2) is 44.6 Å². The Morgan fingerprint density at radius 3 is 2.29 bits per heavy atom. The first-order valence-corrected chi connectivity index (χ1v) is 12.8. The number of likely N-dealkylation sites (tertiary alicyclic amines) is 1. The number of nitrogens with zero attached hydrogens (tertiary/aromatic N) is 2. The van der Waals surface area contributed by atoms with Crippen LogP contribution < -0.4 is 9.62 Å². The quantitative estimate of drug-likeness (QED) is 0.646. The number of anilines is 1. The van der Waals surface area contributed by atoms with Crippen molar-refractivity contribution in [1.29, 1.82) is 0 Å². The van der Waals surface area contributed by atoms with Crippen LogP contribution in [0.3, 0.4) is 0 Å². The lowest BCUT2D eigenvalue weighted by Crippen LogP contribution is -2.47. The molecule has 0 radical (unpaired) electrons. The molecule has 0 aromatic heterocycles. The zero-order valence-corrected chi connectivity index (χ0v) is 19.6. The van der Waals surface area contributed by atoms with E-state index in [1.165, 1.54) is 24.8 Å². The predicted molar refractivity (Wildman–Crippen MR) is 126 cm³/mol. The molecule has 1 fully saturated rings. The molecule has 1 saturated heterocycles. The van der Waals surface area contributed by atoms with Gasteiger partial charge in [0.15, 0.2) is 0 Å². The monoisotopic (exact) mass is 463 g/mol. The zero-order chi connectivity index (χ0) is 22.4. The van der Waals surface area contributed by atoms with Crippen LogP contribution in [0.5, 0.6) is 0 Å². The number of sulfonamides is 1. The van der Waals surface area contributed by atoms with E-state index in [2.05, 4.69) is 16.3 Å². The molecule has 168 valence electrons. The Labute approximate surface area is 190 Å². The van der Waals surface area contributed by atoms with E-state index in [0.29, 0.717) is 17.3 Å². The van der Waals surface area contributed by atoms with Gasteiger partial charge in [-0.2, -0.15) is 0 Å². The van der Waals surface area contributed by atoms with Crippen molar-refractivity contribution in [1.82, 2.24) is 10.2 Å². The molecule has 31 heavy (non-hydrogen) atoms. The number of hydrogen-bond donors (Lipinski definition) is 1. The first kappa shape index (κ1) is 23.6. The van der Waals surface area contributed by atoms with Crippen LogP contribution in [0.1, 0.15) is 37.3 Å². The fourth-order valence-electron chi connectivity index (χ4n) is 3.97. The van der Waals surface area contributed by atoms with Crippen molar-refractivity contribution >= 4 is 33.2 Å². The van der Waals surface area contributed by atoms with E-state index in [-0.39, 0.29) is 5.91 Å². The average molecular weight is 464 g/mol. The highest BCUT2D eigenvalue weighted by Crippen LogP contribution is 2.23. The van der Waals surface area contributed by atoms with Gasteiger partial charge >= 0.3 is 0 Å². The van der Waals surface area contributed by atoms with Gasteiger partial charge < -0.3 is 5.32 Å². The second-order valence-corrected chi connectivity index (χ2v) is 10.3. The summed E-state index contributed by atoms with van der Waals surface area (Å²) < 4.78 is 26.0. The number of hydrogen-bond acceptors (Lipinski definition) is 4. The van der Waals surface area contributed by atoms with E-state index in [0.717, 1.165) is 35.8 Å². The number of rotatable bonds is 8. The molecule has 3 rings (SSSR count). The lowest BCUT2D eigenvalue weighted by atomic mass is 10.0. The van der Waals surface area contributed by atoms with Crippen molar-refractivity contribution in [2.75, 3.05) is 23.7 Å². The SMILES string of the molecule is C[C@H](C(=O)NCc1ccccc1CN1CCCCC1)N(c1ccc(Cl)cc1)S(C)(=O)=O. The first-order chi connectivity index (χ1) is 14.8. The minimum absolute atomic E-state index is 0.353. The second-order valence-electron chi connectivity index (χ2n) is 8.03. The molecule has 0 unspecified atom stereocenters. The maximum absolute atomic E-state index is 12.9.